The molecule has 2 aromatic rings. The van der Waals surface area contributed by atoms with E-state index in [4.69, 9.17) is 0 Å². The highest BCUT2D eigenvalue weighted by Crippen LogP contribution is 2.12. The summed E-state index contributed by atoms with van der Waals surface area (Å²) in [4.78, 5) is 16.5. The molecule has 0 saturated heterocycles. The third-order valence-corrected chi connectivity index (χ3v) is 1.80. The molecule has 0 aliphatic heterocycles. The van der Waals surface area contributed by atoms with Gasteiger partial charge in [-0.3, -0.25) is 0 Å². The lowest BCUT2D eigenvalue weighted by molar-refractivity contribution is 1.05. The van der Waals surface area contributed by atoms with Crippen molar-refractivity contribution in [2.75, 3.05) is 0 Å². The monoisotopic (exact) mass is 186 g/mol. The second-order valence-corrected chi connectivity index (χ2v) is 3.10. The predicted molar refractivity (Wildman–Crippen MR) is 52.5 cm³/mol. The molecule has 0 fully saturated rings. The molecule has 4 nitrogen and oxygen atoms in total. The first-order chi connectivity index (χ1) is 6.75. The first kappa shape index (κ1) is 8.74. The minimum Gasteiger partial charge on any atom is -0.244 e. The Morgan fingerprint density at radius 2 is 1.50 bits per heavy atom. The fraction of sp³-hybridized carbons (Fsp3) is 0.200. The van der Waals surface area contributed by atoms with E-state index in [1.54, 1.807) is 12.4 Å². The SMILES string of the molecule is Cc1cc(C)nc(-c2cncnc2)n1. The van der Waals surface area contributed by atoms with Crippen LogP contribution in [0.4, 0.5) is 0 Å². The van der Waals surface area contributed by atoms with Crippen LogP contribution in [-0.2, 0) is 0 Å². The van der Waals surface area contributed by atoms with E-state index in [0.29, 0.717) is 5.82 Å². The highest BCUT2D eigenvalue weighted by Gasteiger charge is 2.02. The Kier molecular flexibility index (Phi) is 2.18. The summed E-state index contributed by atoms with van der Waals surface area (Å²) in [7, 11) is 0. The standard InChI is InChI=1S/C10H10N4/c1-7-3-8(2)14-10(13-7)9-4-11-6-12-5-9/h3-6H,1-2H3. The van der Waals surface area contributed by atoms with E-state index >= 15 is 0 Å². The molecule has 2 aromatic heterocycles. The molecule has 70 valence electrons. The van der Waals surface area contributed by atoms with E-state index in [1.165, 1.54) is 6.33 Å². The van der Waals surface area contributed by atoms with Crippen LogP contribution in [-0.4, -0.2) is 19.9 Å². The molecule has 0 spiro atoms. The van der Waals surface area contributed by atoms with Crippen LogP contribution in [0, 0.1) is 13.8 Å². The Morgan fingerprint density at radius 1 is 0.929 bits per heavy atom. The van der Waals surface area contributed by atoms with E-state index in [1.807, 2.05) is 19.9 Å². The molecular weight excluding hydrogens is 176 g/mol. The van der Waals surface area contributed by atoms with Crippen molar-refractivity contribution in [1.82, 2.24) is 19.9 Å². The van der Waals surface area contributed by atoms with Crippen LogP contribution < -0.4 is 0 Å². The Bertz CT molecular complexity index is 419. The van der Waals surface area contributed by atoms with Crippen molar-refractivity contribution < 1.29 is 0 Å². The van der Waals surface area contributed by atoms with E-state index in [0.717, 1.165) is 17.0 Å². The van der Waals surface area contributed by atoms with Gasteiger partial charge in [0.1, 0.15) is 6.33 Å². The van der Waals surface area contributed by atoms with Gasteiger partial charge in [0.25, 0.3) is 0 Å². The maximum Gasteiger partial charge on any atom is 0.162 e. The summed E-state index contributed by atoms with van der Waals surface area (Å²) < 4.78 is 0. The third kappa shape index (κ3) is 1.74. The molecule has 14 heavy (non-hydrogen) atoms. The van der Waals surface area contributed by atoms with E-state index in [9.17, 15) is 0 Å². The van der Waals surface area contributed by atoms with Gasteiger partial charge in [0.05, 0.1) is 5.56 Å². The summed E-state index contributed by atoms with van der Waals surface area (Å²) >= 11 is 0. The van der Waals surface area contributed by atoms with Crippen molar-refractivity contribution in [3.63, 3.8) is 0 Å². The molecule has 4 heteroatoms. The van der Waals surface area contributed by atoms with Gasteiger partial charge in [-0.1, -0.05) is 0 Å². The van der Waals surface area contributed by atoms with Crippen LogP contribution in [0.1, 0.15) is 11.4 Å². The number of rotatable bonds is 1. The Balaban J connectivity index is 2.52. The van der Waals surface area contributed by atoms with E-state index < -0.39 is 0 Å². The largest absolute Gasteiger partial charge is 0.244 e. The molecule has 0 N–H and O–H groups in total. The van der Waals surface area contributed by atoms with Crippen molar-refractivity contribution in [1.29, 1.82) is 0 Å². The Labute approximate surface area is 82.1 Å². The number of hydrogen-bond acceptors (Lipinski definition) is 4. The second-order valence-electron chi connectivity index (χ2n) is 3.10. The highest BCUT2D eigenvalue weighted by molar-refractivity contribution is 5.51. The van der Waals surface area contributed by atoms with Crippen LogP contribution in [0.5, 0.6) is 0 Å². The quantitative estimate of drug-likeness (QED) is 0.678. The predicted octanol–water partition coefficient (Wildman–Crippen LogP) is 1.55. The van der Waals surface area contributed by atoms with Crippen LogP contribution in [0.25, 0.3) is 11.4 Å². The van der Waals surface area contributed by atoms with E-state index in [-0.39, 0.29) is 0 Å². The summed E-state index contributed by atoms with van der Waals surface area (Å²) in [6.45, 7) is 3.89. The van der Waals surface area contributed by atoms with Gasteiger partial charge in [0, 0.05) is 23.8 Å². The first-order valence-corrected chi connectivity index (χ1v) is 4.33. The summed E-state index contributed by atoms with van der Waals surface area (Å²) in [6.07, 6.45) is 4.91. The summed E-state index contributed by atoms with van der Waals surface area (Å²) in [5.74, 6) is 0.683. The van der Waals surface area contributed by atoms with Crippen LogP contribution in [0.2, 0.25) is 0 Å². The number of aromatic nitrogens is 4. The molecule has 2 rings (SSSR count). The van der Waals surface area contributed by atoms with Crippen molar-refractivity contribution in [2.45, 2.75) is 13.8 Å². The highest BCUT2D eigenvalue weighted by atomic mass is 14.9. The molecule has 0 radical (unpaired) electrons. The normalized spacial score (nSPS) is 10.1. The molecule has 0 amide bonds. The molecule has 0 atom stereocenters. The van der Waals surface area contributed by atoms with Gasteiger partial charge >= 0.3 is 0 Å². The van der Waals surface area contributed by atoms with Gasteiger partial charge in [0.15, 0.2) is 5.82 Å². The van der Waals surface area contributed by atoms with Gasteiger partial charge in [-0.05, 0) is 19.9 Å². The van der Waals surface area contributed by atoms with Crippen molar-refractivity contribution in [2.24, 2.45) is 0 Å². The topological polar surface area (TPSA) is 51.6 Å². The average Bonchev–Trinajstić information content (AvgIpc) is 2.18. The van der Waals surface area contributed by atoms with Crippen molar-refractivity contribution >= 4 is 0 Å². The number of nitrogens with zero attached hydrogens (tertiary/aromatic N) is 4. The zero-order chi connectivity index (χ0) is 9.97. The van der Waals surface area contributed by atoms with Gasteiger partial charge in [0.2, 0.25) is 0 Å². The maximum atomic E-state index is 4.31. The maximum absolute atomic E-state index is 4.31. The van der Waals surface area contributed by atoms with Gasteiger partial charge in [-0.2, -0.15) is 0 Å². The molecule has 0 aromatic carbocycles. The van der Waals surface area contributed by atoms with Gasteiger partial charge < -0.3 is 0 Å². The van der Waals surface area contributed by atoms with Crippen molar-refractivity contribution in [3.05, 3.63) is 36.2 Å². The molecule has 0 bridgehead atoms. The molecular formula is C10H10N4. The van der Waals surface area contributed by atoms with Crippen LogP contribution in [0.15, 0.2) is 24.8 Å². The van der Waals surface area contributed by atoms with Crippen LogP contribution in [0.3, 0.4) is 0 Å². The van der Waals surface area contributed by atoms with Gasteiger partial charge in [-0.15, -0.1) is 0 Å². The van der Waals surface area contributed by atoms with Crippen molar-refractivity contribution in [3.8, 4) is 11.4 Å². The fourth-order valence-electron chi connectivity index (χ4n) is 1.27. The third-order valence-electron chi connectivity index (χ3n) is 1.80. The molecule has 0 unspecified atom stereocenters. The van der Waals surface area contributed by atoms with E-state index in [2.05, 4.69) is 19.9 Å². The Morgan fingerprint density at radius 3 is 2.07 bits per heavy atom. The zero-order valence-electron chi connectivity index (χ0n) is 8.10. The number of aryl methyl sites for hydroxylation is 2. The first-order valence-electron chi connectivity index (χ1n) is 4.33. The molecule has 0 saturated carbocycles. The Hall–Kier alpha value is -1.84. The minimum atomic E-state index is 0.683. The average molecular weight is 186 g/mol. The lowest BCUT2D eigenvalue weighted by Crippen LogP contribution is -1.95. The summed E-state index contributed by atoms with van der Waals surface area (Å²) in [6, 6.07) is 1.94. The fourth-order valence-corrected chi connectivity index (χ4v) is 1.27. The zero-order valence-corrected chi connectivity index (χ0v) is 8.10. The van der Waals surface area contributed by atoms with Gasteiger partial charge in [-0.25, -0.2) is 19.9 Å². The number of hydrogen-bond donors (Lipinski definition) is 0. The minimum absolute atomic E-state index is 0.683. The molecule has 0 aliphatic rings. The molecule has 0 aliphatic carbocycles. The summed E-state index contributed by atoms with van der Waals surface area (Å²) in [5, 5.41) is 0. The second kappa shape index (κ2) is 3.49. The van der Waals surface area contributed by atoms with Crippen LogP contribution >= 0.6 is 0 Å². The molecule has 2 heterocycles. The lowest BCUT2D eigenvalue weighted by Gasteiger charge is -2.01. The smallest absolute Gasteiger partial charge is 0.162 e. The summed E-state index contributed by atoms with van der Waals surface area (Å²) in [5.41, 5.74) is 2.76. The lowest BCUT2D eigenvalue weighted by atomic mass is 10.3.